The van der Waals surface area contributed by atoms with Gasteiger partial charge in [0.05, 0.1) is 38.8 Å². The van der Waals surface area contributed by atoms with Gasteiger partial charge in [-0.1, -0.05) is 12.1 Å². The predicted molar refractivity (Wildman–Crippen MR) is 83.7 cm³/mol. The van der Waals surface area contributed by atoms with Crippen LogP contribution in [0.4, 0.5) is 11.6 Å². The van der Waals surface area contributed by atoms with Crippen molar-refractivity contribution in [2.75, 3.05) is 37.9 Å². The summed E-state index contributed by atoms with van der Waals surface area (Å²) < 4.78 is 15.0. The van der Waals surface area contributed by atoms with Crippen LogP contribution in [-0.2, 0) is 22.6 Å². The molecular formula is C16H24N4O2+2. The first kappa shape index (κ1) is 16.2. The van der Waals surface area contributed by atoms with Gasteiger partial charge in [0.2, 0.25) is 0 Å². The second-order valence-corrected chi connectivity index (χ2v) is 4.86. The molecule has 0 aliphatic rings. The van der Waals surface area contributed by atoms with E-state index in [-0.39, 0.29) is 0 Å². The Morgan fingerprint density at radius 3 is 1.55 bits per heavy atom. The number of nitrogens with two attached hydrogens (primary N) is 2. The number of nitrogen functional groups attached to an aromatic ring is 2. The molecule has 4 N–H and O–H groups in total. The van der Waals surface area contributed by atoms with Crippen molar-refractivity contribution in [3.05, 3.63) is 48.8 Å². The number of hydrogen-bond acceptors (Lipinski definition) is 4. The first-order valence-electron chi connectivity index (χ1n) is 7.41. The van der Waals surface area contributed by atoms with E-state index in [1.807, 2.05) is 57.9 Å². The maximum atomic E-state index is 5.84. The highest BCUT2D eigenvalue weighted by molar-refractivity contribution is 5.19. The van der Waals surface area contributed by atoms with E-state index in [1.54, 1.807) is 0 Å². The minimum absolute atomic E-state index is 0.572. The van der Waals surface area contributed by atoms with E-state index in [0.29, 0.717) is 26.4 Å². The fourth-order valence-electron chi connectivity index (χ4n) is 2.03. The maximum absolute atomic E-state index is 5.84. The molecule has 0 atom stereocenters. The van der Waals surface area contributed by atoms with Crippen molar-refractivity contribution in [3.63, 3.8) is 0 Å². The van der Waals surface area contributed by atoms with Gasteiger partial charge in [-0.3, -0.25) is 11.5 Å². The predicted octanol–water partition coefficient (Wildman–Crippen LogP) is 0.159. The summed E-state index contributed by atoms with van der Waals surface area (Å²) in [6, 6.07) is 11.5. The number of pyridine rings is 2. The number of nitrogens with zero attached hydrogens (tertiary/aromatic N) is 2. The van der Waals surface area contributed by atoms with Gasteiger partial charge in [-0.25, -0.2) is 9.13 Å². The zero-order valence-electron chi connectivity index (χ0n) is 12.7. The number of ether oxygens (including phenoxy) is 2. The number of rotatable bonds is 9. The molecule has 2 aromatic rings. The van der Waals surface area contributed by atoms with Gasteiger partial charge in [0.25, 0.3) is 11.6 Å². The van der Waals surface area contributed by atoms with E-state index in [0.717, 1.165) is 24.7 Å². The summed E-state index contributed by atoms with van der Waals surface area (Å²) in [7, 11) is 0. The first-order valence-corrected chi connectivity index (χ1v) is 7.41. The fraction of sp³-hybridized carbons (Fsp3) is 0.375. The van der Waals surface area contributed by atoms with Crippen LogP contribution in [0.5, 0.6) is 0 Å². The lowest BCUT2D eigenvalue weighted by Crippen LogP contribution is -2.39. The second-order valence-electron chi connectivity index (χ2n) is 4.86. The topological polar surface area (TPSA) is 78.3 Å². The quantitative estimate of drug-likeness (QED) is 0.511. The van der Waals surface area contributed by atoms with E-state index in [4.69, 9.17) is 20.9 Å². The standard InChI is InChI=1S/C16H22N4O2/c17-15-5-1-3-7-19(15)9-11-21-13-14-22-12-10-20-8-4-2-6-16(20)18/h1-8,17-18H,9-14H2/p+2. The molecule has 22 heavy (non-hydrogen) atoms. The van der Waals surface area contributed by atoms with Gasteiger partial charge < -0.3 is 9.47 Å². The summed E-state index contributed by atoms with van der Waals surface area (Å²) in [4.78, 5) is 0. The molecule has 2 rings (SSSR count). The molecule has 0 saturated carbocycles. The monoisotopic (exact) mass is 304 g/mol. The third-order valence-electron chi connectivity index (χ3n) is 3.28. The molecule has 2 aromatic heterocycles. The van der Waals surface area contributed by atoms with Gasteiger partial charge in [-0.15, -0.1) is 0 Å². The Balaban J connectivity index is 1.51. The zero-order valence-corrected chi connectivity index (χ0v) is 12.7. The van der Waals surface area contributed by atoms with Crippen LogP contribution in [0, 0.1) is 0 Å². The molecular weight excluding hydrogens is 280 g/mol. The van der Waals surface area contributed by atoms with E-state index in [1.165, 1.54) is 0 Å². The van der Waals surface area contributed by atoms with Crippen molar-refractivity contribution in [3.8, 4) is 0 Å². The molecule has 0 radical (unpaired) electrons. The Bertz CT molecular complexity index is 526. The molecule has 6 nitrogen and oxygen atoms in total. The van der Waals surface area contributed by atoms with Crippen molar-refractivity contribution in [1.82, 2.24) is 0 Å². The number of aromatic nitrogens is 2. The lowest BCUT2D eigenvalue weighted by Gasteiger charge is -2.06. The Kier molecular flexibility index (Phi) is 6.60. The molecule has 0 bridgehead atoms. The van der Waals surface area contributed by atoms with Crippen molar-refractivity contribution in [2.45, 2.75) is 13.1 Å². The molecule has 0 fully saturated rings. The minimum atomic E-state index is 0.572. The molecule has 0 amide bonds. The van der Waals surface area contributed by atoms with Gasteiger partial charge >= 0.3 is 0 Å². The van der Waals surface area contributed by atoms with E-state index in [2.05, 4.69) is 0 Å². The highest BCUT2D eigenvalue weighted by atomic mass is 16.5. The summed E-state index contributed by atoms with van der Waals surface area (Å²) in [5.41, 5.74) is 11.7. The van der Waals surface area contributed by atoms with Crippen molar-refractivity contribution in [1.29, 1.82) is 0 Å². The van der Waals surface area contributed by atoms with Gasteiger partial charge in [-0.05, 0) is 12.1 Å². The van der Waals surface area contributed by atoms with Crippen LogP contribution in [0.2, 0.25) is 0 Å². The van der Waals surface area contributed by atoms with Crippen LogP contribution >= 0.6 is 0 Å². The van der Waals surface area contributed by atoms with Crippen LogP contribution in [0.15, 0.2) is 48.8 Å². The Hall–Kier alpha value is -2.18. The maximum Gasteiger partial charge on any atom is 0.272 e. The number of anilines is 2. The van der Waals surface area contributed by atoms with E-state index < -0.39 is 0 Å². The lowest BCUT2D eigenvalue weighted by atomic mass is 10.4. The Labute approximate surface area is 130 Å². The molecule has 0 aliphatic carbocycles. The summed E-state index contributed by atoms with van der Waals surface area (Å²) in [5.74, 6) is 1.47. The average molecular weight is 304 g/mol. The zero-order chi connectivity index (χ0) is 15.6. The fourth-order valence-corrected chi connectivity index (χ4v) is 2.03. The molecule has 2 heterocycles. The number of hydrogen-bond donors (Lipinski definition) is 2. The van der Waals surface area contributed by atoms with Crippen LogP contribution < -0.4 is 20.6 Å². The van der Waals surface area contributed by atoms with Gasteiger partial charge in [0.1, 0.15) is 13.1 Å². The van der Waals surface area contributed by atoms with Crippen molar-refractivity contribution in [2.24, 2.45) is 0 Å². The molecule has 0 saturated heterocycles. The summed E-state index contributed by atoms with van der Waals surface area (Å²) in [6.07, 6.45) is 3.88. The average Bonchev–Trinajstić information content (AvgIpc) is 2.53. The summed E-state index contributed by atoms with van der Waals surface area (Å²) >= 11 is 0. The molecule has 6 heteroatoms. The largest absolute Gasteiger partial charge is 0.375 e. The second kappa shape index (κ2) is 8.96. The lowest BCUT2D eigenvalue weighted by molar-refractivity contribution is -0.685. The molecule has 0 spiro atoms. The molecule has 0 aromatic carbocycles. The molecule has 0 aliphatic heterocycles. The van der Waals surface area contributed by atoms with Gasteiger partial charge in [0.15, 0.2) is 0 Å². The third-order valence-corrected chi connectivity index (χ3v) is 3.28. The smallest absolute Gasteiger partial charge is 0.272 e. The summed E-state index contributed by atoms with van der Waals surface area (Å²) in [6.45, 7) is 3.85. The summed E-state index contributed by atoms with van der Waals surface area (Å²) in [5, 5.41) is 0. The minimum Gasteiger partial charge on any atom is -0.375 e. The third kappa shape index (κ3) is 5.31. The van der Waals surface area contributed by atoms with E-state index in [9.17, 15) is 0 Å². The highest BCUT2D eigenvalue weighted by Crippen LogP contribution is 1.92. The molecule has 118 valence electrons. The van der Waals surface area contributed by atoms with Crippen molar-refractivity contribution >= 4 is 11.6 Å². The van der Waals surface area contributed by atoms with Gasteiger partial charge in [0, 0.05) is 12.1 Å². The SMILES string of the molecule is Nc1cccc[n+]1CCOCCOCC[n+]1ccccc1N. The highest BCUT2D eigenvalue weighted by Gasteiger charge is 2.03. The van der Waals surface area contributed by atoms with Crippen molar-refractivity contribution < 1.29 is 18.6 Å². The van der Waals surface area contributed by atoms with Crippen LogP contribution in [0.3, 0.4) is 0 Å². The Morgan fingerprint density at radius 1 is 0.682 bits per heavy atom. The van der Waals surface area contributed by atoms with E-state index >= 15 is 0 Å². The van der Waals surface area contributed by atoms with Crippen LogP contribution in [0.1, 0.15) is 0 Å². The molecule has 0 unspecified atom stereocenters. The van der Waals surface area contributed by atoms with Gasteiger partial charge in [-0.2, -0.15) is 0 Å². The normalized spacial score (nSPS) is 10.7. The first-order chi connectivity index (χ1) is 10.8. The van der Waals surface area contributed by atoms with Crippen LogP contribution in [0.25, 0.3) is 0 Å². The van der Waals surface area contributed by atoms with Crippen LogP contribution in [-0.4, -0.2) is 26.4 Å². The Morgan fingerprint density at radius 2 is 1.14 bits per heavy atom.